The van der Waals surface area contributed by atoms with Crippen molar-refractivity contribution in [1.82, 2.24) is 14.5 Å². The van der Waals surface area contributed by atoms with Crippen LogP contribution in [-0.4, -0.2) is 21.6 Å². The molecule has 0 atom stereocenters. The van der Waals surface area contributed by atoms with Gasteiger partial charge >= 0.3 is 0 Å². The van der Waals surface area contributed by atoms with E-state index in [2.05, 4.69) is 34.3 Å². The molecule has 118 valence electrons. The molecule has 0 saturated carbocycles. The van der Waals surface area contributed by atoms with Crippen molar-refractivity contribution in [2.45, 2.75) is 19.5 Å². The molecule has 3 aromatic rings. The first-order chi connectivity index (χ1) is 11.2. The average molecular weight is 309 g/mol. The summed E-state index contributed by atoms with van der Waals surface area (Å²) in [4.78, 5) is 23.4. The molecule has 1 N–H and O–H groups in total. The number of rotatable bonds is 6. The summed E-state index contributed by atoms with van der Waals surface area (Å²) in [6.07, 6.45) is 4.53. The Morgan fingerprint density at radius 2 is 1.78 bits per heavy atom. The molecule has 1 aromatic carbocycles. The number of aromatic nitrogens is 2. The van der Waals surface area contributed by atoms with Gasteiger partial charge in [-0.2, -0.15) is 0 Å². The van der Waals surface area contributed by atoms with E-state index in [0.717, 1.165) is 13.0 Å². The van der Waals surface area contributed by atoms with Crippen LogP contribution in [0, 0.1) is 0 Å². The molecule has 23 heavy (non-hydrogen) atoms. The van der Waals surface area contributed by atoms with Crippen LogP contribution in [0.5, 0.6) is 0 Å². The number of para-hydroxylation sites is 1. The quantitative estimate of drug-likeness (QED) is 0.708. The number of carbonyl (C=O) groups is 1. The fraction of sp³-hybridized carbons (Fsp3) is 0.222. The van der Waals surface area contributed by atoms with Gasteiger partial charge in [0.15, 0.2) is 0 Å². The number of benzene rings is 1. The zero-order chi connectivity index (χ0) is 16.1. The van der Waals surface area contributed by atoms with Gasteiger partial charge in [-0.1, -0.05) is 24.3 Å². The fourth-order valence-electron chi connectivity index (χ4n) is 2.61. The van der Waals surface area contributed by atoms with Gasteiger partial charge in [0.25, 0.3) is 5.56 Å². The maximum atomic E-state index is 11.9. The largest absolute Gasteiger partial charge is 0.354 e. The van der Waals surface area contributed by atoms with E-state index in [-0.39, 0.29) is 18.0 Å². The SMILES string of the molecule is O=C(Cn1ccccc1=O)NCCCn1ccc2ccccc21. The zero-order valence-corrected chi connectivity index (χ0v) is 12.8. The Balaban J connectivity index is 1.47. The minimum atomic E-state index is -0.165. The first-order valence-corrected chi connectivity index (χ1v) is 7.70. The Morgan fingerprint density at radius 1 is 0.957 bits per heavy atom. The maximum Gasteiger partial charge on any atom is 0.250 e. The highest BCUT2D eigenvalue weighted by Crippen LogP contribution is 2.15. The third-order valence-electron chi connectivity index (χ3n) is 3.79. The van der Waals surface area contributed by atoms with Crippen LogP contribution in [-0.2, 0) is 17.9 Å². The van der Waals surface area contributed by atoms with Crippen molar-refractivity contribution in [3.63, 3.8) is 0 Å². The number of nitrogens with zero attached hydrogens (tertiary/aromatic N) is 2. The number of hydrogen-bond donors (Lipinski definition) is 1. The molecule has 3 rings (SSSR count). The predicted octanol–water partition coefficient (Wildman–Crippen LogP) is 2.01. The number of carbonyl (C=O) groups excluding carboxylic acids is 1. The van der Waals surface area contributed by atoms with Crippen molar-refractivity contribution < 1.29 is 4.79 Å². The van der Waals surface area contributed by atoms with Crippen LogP contribution in [0.3, 0.4) is 0 Å². The first-order valence-electron chi connectivity index (χ1n) is 7.70. The highest BCUT2D eigenvalue weighted by Gasteiger charge is 2.04. The van der Waals surface area contributed by atoms with E-state index < -0.39 is 0 Å². The number of fused-ring (bicyclic) bond motifs is 1. The van der Waals surface area contributed by atoms with Crippen LogP contribution >= 0.6 is 0 Å². The van der Waals surface area contributed by atoms with E-state index >= 15 is 0 Å². The fourth-order valence-corrected chi connectivity index (χ4v) is 2.61. The molecule has 0 saturated heterocycles. The lowest BCUT2D eigenvalue weighted by Crippen LogP contribution is -2.32. The van der Waals surface area contributed by atoms with E-state index in [9.17, 15) is 9.59 Å². The van der Waals surface area contributed by atoms with Gasteiger partial charge in [-0.15, -0.1) is 0 Å². The molecule has 0 aliphatic heterocycles. The van der Waals surface area contributed by atoms with Crippen LogP contribution in [0.15, 0.2) is 65.7 Å². The first kappa shape index (κ1) is 15.1. The monoisotopic (exact) mass is 309 g/mol. The molecular formula is C18H19N3O2. The third-order valence-corrected chi connectivity index (χ3v) is 3.79. The summed E-state index contributed by atoms with van der Waals surface area (Å²) in [6.45, 7) is 1.50. The summed E-state index contributed by atoms with van der Waals surface area (Å²) in [5.74, 6) is -0.143. The maximum absolute atomic E-state index is 11.9. The topological polar surface area (TPSA) is 56.0 Å². The van der Waals surface area contributed by atoms with Crippen LogP contribution in [0.25, 0.3) is 10.9 Å². The van der Waals surface area contributed by atoms with E-state index in [1.54, 1.807) is 18.3 Å². The summed E-state index contributed by atoms with van der Waals surface area (Å²) in [5, 5.41) is 4.08. The van der Waals surface area contributed by atoms with Crippen LogP contribution in [0.4, 0.5) is 0 Å². The highest BCUT2D eigenvalue weighted by molar-refractivity contribution is 5.79. The van der Waals surface area contributed by atoms with Crippen LogP contribution in [0.1, 0.15) is 6.42 Å². The lowest BCUT2D eigenvalue weighted by Gasteiger charge is -2.08. The van der Waals surface area contributed by atoms with E-state index in [4.69, 9.17) is 0 Å². The number of pyridine rings is 1. The Morgan fingerprint density at radius 3 is 2.65 bits per heavy atom. The Labute approximate surface area is 134 Å². The molecule has 5 heteroatoms. The van der Waals surface area contributed by atoms with Gasteiger partial charge in [-0.25, -0.2) is 0 Å². The summed E-state index contributed by atoms with van der Waals surface area (Å²) in [7, 11) is 0. The van der Waals surface area contributed by atoms with Crippen molar-refractivity contribution in [3.05, 3.63) is 71.3 Å². The molecule has 1 amide bonds. The molecule has 0 aliphatic rings. The number of nitrogens with one attached hydrogen (secondary N) is 1. The number of amides is 1. The molecule has 0 aliphatic carbocycles. The van der Waals surface area contributed by atoms with Crippen molar-refractivity contribution in [2.75, 3.05) is 6.54 Å². The molecule has 2 aromatic heterocycles. The molecular weight excluding hydrogens is 290 g/mol. The van der Waals surface area contributed by atoms with Crippen molar-refractivity contribution in [1.29, 1.82) is 0 Å². The highest BCUT2D eigenvalue weighted by atomic mass is 16.2. The van der Waals surface area contributed by atoms with Crippen molar-refractivity contribution in [2.24, 2.45) is 0 Å². The predicted molar refractivity (Wildman–Crippen MR) is 90.3 cm³/mol. The van der Waals surface area contributed by atoms with E-state index in [1.165, 1.54) is 21.5 Å². The van der Waals surface area contributed by atoms with Gasteiger partial charge in [0.1, 0.15) is 6.54 Å². The van der Waals surface area contributed by atoms with Gasteiger partial charge in [-0.3, -0.25) is 9.59 Å². The molecule has 5 nitrogen and oxygen atoms in total. The molecule has 0 fully saturated rings. The van der Waals surface area contributed by atoms with Crippen LogP contribution < -0.4 is 10.9 Å². The second-order valence-electron chi connectivity index (χ2n) is 5.44. The van der Waals surface area contributed by atoms with Gasteiger partial charge in [0.2, 0.25) is 5.91 Å². The summed E-state index contributed by atoms with van der Waals surface area (Å²) < 4.78 is 3.58. The normalized spacial score (nSPS) is 10.8. The zero-order valence-electron chi connectivity index (χ0n) is 12.8. The van der Waals surface area contributed by atoms with Gasteiger partial charge < -0.3 is 14.5 Å². The van der Waals surface area contributed by atoms with Crippen LogP contribution in [0.2, 0.25) is 0 Å². The summed E-state index contributed by atoms with van der Waals surface area (Å²) in [5.41, 5.74) is 1.04. The lowest BCUT2D eigenvalue weighted by molar-refractivity contribution is -0.121. The average Bonchev–Trinajstić information content (AvgIpc) is 2.97. The van der Waals surface area contributed by atoms with Gasteiger partial charge in [0.05, 0.1) is 0 Å². The van der Waals surface area contributed by atoms with Crippen molar-refractivity contribution >= 4 is 16.8 Å². The molecule has 2 heterocycles. The summed E-state index contributed by atoms with van der Waals surface area (Å²) >= 11 is 0. The van der Waals surface area contributed by atoms with Gasteiger partial charge in [0, 0.05) is 37.1 Å². The summed E-state index contributed by atoms with van der Waals surface area (Å²) in [6, 6.07) is 15.2. The second kappa shape index (κ2) is 6.96. The number of aryl methyl sites for hydroxylation is 1. The van der Waals surface area contributed by atoms with E-state index in [0.29, 0.717) is 6.54 Å². The van der Waals surface area contributed by atoms with Gasteiger partial charge in [-0.05, 0) is 30.0 Å². The van der Waals surface area contributed by atoms with E-state index in [1.807, 2.05) is 12.1 Å². The number of hydrogen-bond acceptors (Lipinski definition) is 2. The molecule has 0 bridgehead atoms. The lowest BCUT2D eigenvalue weighted by atomic mass is 10.2. The third kappa shape index (κ3) is 3.69. The molecule has 0 unspecified atom stereocenters. The van der Waals surface area contributed by atoms with Crippen molar-refractivity contribution in [3.8, 4) is 0 Å². The Kier molecular flexibility index (Phi) is 4.57. The minimum absolute atomic E-state index is 0.0616. The molecule has 0 radical (unpaired) electrons. The Bertz CT molecular complexity index is 864. The standard InChI is InChI=1S/C18H19N3O2/c22-17(14-21-11-4-3-8-18(21)23)19-10-5-12-20-13-9-15-6-1-2-7-16(15)20/h1-4,6-9,11,13H,5,10,12,14H2,(H,19,22). The second-order valence-corrected chi connectivity index (χ2v) is 5.44. The smallest absolute Gasteiger partial charge is 0.250 e. The minimum Gasteiger partial charge on any atom is -0.354 e. The Hall–Kier alpha value is -2.82. The molecule has 0 spiro atoms.